The summed E-state index contributed by atoms with van der Waals surface area (Å²) in [4.78, 5) is 24.2. The maximum absolute atomic E-state index is 12.7. The van der Waals surface area contributed by atoms with E-state index in [0.29, 0.717) is 12.1 Å². The minimum absolute atomic E-state index is 0.00661. The van der Waals surface area contributed by atoms with E-state index >= 15 is 0 Å². The number of nitrogens with one attached hydrogen (secondary N) is 1. The topological polar surface area (TPSA) is 51.7 Å². The summed E-state index contributed by atoms with van der Waals surface area (Å²) in [5.41, 5.74) is 0.687. The molecular formula is C20H33N5O. The maximum Gasteiger partial charge on any atom is 0.251 e. The molecule has 6 heteroatoms. The molecule has 0 atom stereocenters. The number of hydrogen-bond donors (Lipinski definition) is 1. The maximum atomic E-state index is 12.7. The number of rotatable bonds is 5. The number of amides is 1. The summed E-state index contributed by atoms with van der Waals surface area (Å²) in [5.74, 6) is 0.897. The van der Waals surface area contributed by atoms with Gasteiger partial charge in [-0.3, -0.25) is 9.69 Å². The van der Waals surface area contributed by atoms with Crippen LogP contribution in [0.1, 0.15) is 43.5 Å². The fraction of sp³-hybridized carbons (Fsp3) is 0.700. The molecule has 1 aromatic heterocycles. The van der Waals surface area contributed by atoms with Gasteiger partial charge in [-0.2, -0.15) is 0 Å². The van der Waals surface area contributed by atoms with Crippen molar-refractivity contribution in [3.8, 4) is 0 Å². The van der Waals surface area contributed by atoms with Gasteiger partial charge in [0.15, 0.2) is 0 Å². The zero-order valence-electron chi connectivity index (χ0n) is 16.5. The van der Waals surface area contributed by atoms with Crippen molar-refractivity contribution in [2.75, 3.05) is 57.8 Å². The zero-order valence-corrected chi connectivity index (χ0v) is 16.5. The van der Waals surface area contributed by atoms with E-state index in [1.165, 1.54) is 19.3 Å². The Balaban J connectivity index is 1.58. The van der Waals surface area contributed by atoms with Crippen molar-refractivity contribution in [1.82, 2.24) is 20.1 Å². The largest absolute Gasteiger partial charge is 0.354 e. The average molecular weight is 360 g/mol. The second kappa shape index (κ2) is 8.35. The fourth-order valence-corrected chi connectivity index (χ4v) is 3.78. The summed E-state index contributed by atoms with van der Waals surface area (Å²) in [7, 11) is 2.14. The van der Waals surface area contributed by atoms with Crippen LogP contribution in [0.3, 0.4) is 0 Å². The van der Waals surface area contributed by atoms with Crippen molar-refractivity contribution in [3.63, 3.8) is 0 Å². The quantitative estimate of drug-likeness (QED) is 0.869. The third-order valence-corrected chi connectivity index (χ3v) is 5.73. The van der Waals surface area contributed by atoms with Gasteiger partial charge in [0, 0.05) is 50.0 Å². The molecule has 0 aromatic carbocycles. The number of likely N-dealkylation sites (N-methyl/N-ethyl adjacent to an activating group) is 1. The molecule has 1 N–H and O–H groups in total. The Kier molecular flexibility index (Phi) is 6.14. The third kappa shape index (κ3) is 4.74. The molecule has 0 bridgehead atoms. The van der Waals surface area contributed by atoms with Gasteiger partial charge in [-0.1, -0.05) is 6.42 Å². The lowest BCUT2D eigenvalue weighted by atomic mass is 9.98. The van der Waals surface area contributed by atoms with Gasteiger partial charge in [0.2, 0.25) is 0 Å². The summed E-state index contributed by atoms with van der Waals surface area (Å²) in [6, 6.07) is 3.73. The lowest BCUT2D eigenvalue weighted by Gasteiger charge is -2.41. The van der Waals surface area contributed by atoms with Crippen LogP contribution in [0.2, 0.25) is 0 Å². The number of piperidine rings is 1. The van der Waals surface area contributed by atoms with E-state index in [1.807, 2.05) is 12.1 Å². The standard InChI is InChI=1S/C20H33N5O/c1-20(2,25-9-5-4-6-10-25)16-22-19(26)17-7-8-21-18(15-17)24-13-11-23(3)12-14-24/h7-8,15H,4-6,9-14,16H2,1-3H3,(H,22,26). The van der Waals surface area contributed by atoms with Gasteiger partial charge in [-0.05, 0) is 59.0 Å². The highest BCUT2D eigenvalue weighted by atomic mass is 16.1. The third-order valence-electron chi connectivity index (χ3n) is 5.73. The minimum atomic E-state index is -0.0105. The molecule has 1 aromatic rings. The number of nitrogens with zero attached hydrogens (tertiary/aromatic N) is 4. The van der Waals surface area contributed by atoms with E-state index < -0.39 is 0 Å². The molecule has 3 rings (SSSR count). The Morgan fingerprint density at radius 1 is 1.12 bits per heavy atom. The lowest BCUT2D eigenvalue weighted by Crippen LogP contribution is -2.53. The highest BCUT2D eigenvalue weighted by Crippen LogP contribution is 2.20. The monoisotopic (exact) mass is 359 g/mol. The van der Waals surface area contributed by atoms with Crippen LogP contribution in [0.5, 0.6) is 0 Å². The van der Waals surface area contributed by atoms with E-state index in [0.717, 1.165) is 45.1 Å². The fourth-order valence-electron chi connectivity index (χ4n) is 3.78. The first-order valence-corrected chi connectivity index (χ1v) is 9.88. The molecular weight excluding hydrogens is 326 g/mol. The Hall–Kier alpha value is -1.66. The van der Waals surface area contributed by atoms with Gasteiger partial charge in [-0.25, -0.2) is 4.98 Å². The van der Waals surface area contributed by atoms with E-state index in [2.05, 4.69) is 45.9 Å². The normalized spacial score (nSPS) is 20.2. The van der Waals surface area contributed by atoms with Gasteiger partial charge in [0.1, 0.15) is 5.82 Å². The van der Waals surface area contributed by atoms with Crippen molar-refractivity contribution in [2.45, 2.75) is 38.6 Å². The van der Waals surface area contributed by atoms with Crippen LogP contribution in [0.25, 0.3) is 0 Å². The van der Waals surface area contributed by atoms with Crippen LogP contribution in [0, 0.1) is 0 Å². The molecule has 0 aliphatic carbocycles. The van der Waals surface area contributed by atoms with Gasteiger partial charge in [0.25, 0.3) is 5.91 Å². The molecule has 144 valence electrons. The average Bonchev–Trinajstić information content (AvgIpc) is 2.67. The highest BCUT2D eigenvalue weighted by Gasteiger charge is 2.28. The van der Waals surface area contributed by atoms with E-state index in [9.17, 15) is 4.79 Å². The number of anilines is 1. The predicted octanol–water partition coefficient (Wildman–Crippen LogP) is 1.83. The second-order valence-corrected chi connectivity index (χ2v) is 8.24. The van der Waals surface area contributed by atoms with Crippen molar-refractivity contribution in [1.29, 1.82) is 0 Å². The predicted molar refractivity (Wildman–Crippen MR) is 106 cm³/mol. The Morgan fingerprint density at radius 2 is 1.81 bits per heavy atom. The molecule has 0 spiro atoms. The number of aromatic nitrogens is 1. The first-order chi connectivity index (χ1) is 12.5. The van der Waals surface area contributed by atoms with Crippen LogP contribution >= 0.6 is 0 Å². The van der Waals surface area contributed by atoms with Crippen molar-refractivity contribution in [2.24, 2.45) is 0 Å². The number of likely N-dealkylation sites (tertiary alicyclic amines) is 1. The molecule has 6 nitrogen and oxygen atoms in total. The van der Waals surface area contributed by atoms with Gasteiger partial charge >= 0.3 is 0 Å². The van der Waals surface area contributed by atoms with Gasteiger partial charge in [0.05, 0.1) is 0 Å². The van der Waals surface area contributed by atoms with Crippen molar-refractivity contribution < 1.29 is 4.79 Å². The molecule has 2 aliphatic heterocycles. The smallest absolute Gasteiger partial charge is 0.251 e. The van der Waals surface area contributed by atoms with Crippen molar-refractivity contribution >= 4 is 11.7 Å². The number of piperazine rings is 1. The number of hydrogen-bond acceptors (Lipinski definition) is 5. The summed E-state index contributed by atoms with van der Waals surface area (Å²) >= 11 is 0. The highest BCUT2D eigenvalue weighted by molar-refractivity contribution is 5.94. The van der Waals surface area contributed by atoms with Crippen LogP contribution < -0.4 is 10.2 Å². The zero-order chi connectivity index (χ0) is 18.6. The number of carbonyl (C=O) groups excluding carboxylic acids is 1. The Morgan fingerprint density at radius 3 is 2.50 bits per heavy atom. The number of pyridine rings is 1. The first-order valence-electron chi connectivity index (χ1n) is 9.88. The molecule has 0 radical (unpaired) electrons. The summed E-state index contributed by atoms with van der Waals surface area (Å²) in [6.07, 6.45) is 5.59. The van der Waals surface area contributed by atoms with Crippen LogP contribution in [0.15, 0.2) is 18.3 Å². The molecule has 26 heavy (non-hydrogen) atoms. The molecule has 0 saturated carbocycles. The molecule has 2 saturated heterocycles. The Labute approximate surface area is 157 Å². The van der Waals surface area contributed by atoms with Gasteiger partial charge in [-0.15, -0.1) is 0 Å². The van der Waals surface area contributed by atoms with E-state index in [-0.39, 0.29) is 11.4 Å². The first kappa shape index (κ1) is 19.1. The van der Waals surface area contributed by atoms with Crippen molar-refractivity contribution in [3.05, 3.63) is 23.9 Å². The molecule has 1 amide bonds. The summed E-state index contributed by atoms with van der Waals surface area (Å²) in [6.45, 7) is 11.3. The SMILES string of the molecule is CN1CCN(c2cc(C(=O)NCC(C)(C)N3CCCCC3)ccn2)CC1. The number of carbonyl (C=O) groups is 1. The van der Waals surface area contributed by atoms with E-state index in [4.69, 9.17) is 0 Å². The van der Waals surface area contributed by atoms with Gasteiger partial charge < -0.3 is 15.1 Å². The molecule has 0 unspecified atom stereocenters. The van der Waals surface area contributed by atoms with Crippen LogP contribution in [0.4, 0.5) is 5.82 Å². The second-order valence-electron chi connectivity index (χ2n) is 8.24. The summed E-state index contributed by atoms with van der Waals surface area (Å²) in [5, 5.41) is 3.14. The minimum Gasteiger partial charge on any atom is -0.354 e. The van der Waals surface area contributed by atoms with Crippen LogP contribution in [-0.4, -0.2) is 79.1 Å². The molecule has 2 aliphatic rings. The molecule has 2 fully saturated rings. The Bertz CT molecular complexity index is 604. The lowest BCUT2D eigenvalue weighted by molar-refractivity contribution is 0.0797. The summed E-state index contributed by atoms with van der Waals surface area (Å²) < 4.78 is 0. The molecule has 3 heterocycles. The van der Waals surface area contributed by atoms with E-state index in [1.54, 1.807) is 6.20 Å². The van der Waals surface area contributed by atoms with Crippen LogP contribution in [-0.2, 0) is 0 Å².